The van der Waals surface area contributed by atoms with Crippen LogP contribution in [0.4, 0.5) is 0 Å². The quantitative estimate of drug-likeness (QED) is 0.720. The van der Waals surface area contributed by atoms with Crippen LogP contribution in [0.25, 0.3) is 6.08 Å². The van der Waals surface area contributed by atoms with Gasteiger partial charge < -0.3 is 0 Å². The molecule has 2 aromatic rings. The fourth-order valence-corrected chi connectivity index (χ4v) is 5.61. The predicted octanol–water partition coefficient (Wildman–Crippen LogP) is 2.78. The molecule has 0 aliphatic heterocycles. The van der Waals surface area contributed by atoms with Crippen molar-refractivity contribution >= 4 is 26.1 Å². The molecule has 8 heteroatoms. The van der Waals surface area contributed by atoms with Crippen molar-refractivity contribution in [2.24, 2.45) is 0 Å². The summed E-state index contributed by atoms with van der Waals surface area (Å²) in [5, 5.41) is 0. The Hall–Kier alpha value is -2.00. The van der Waals surface area contributed by atoms with E-state index in [-0.39, 0.29) is 17.5 Å². The molecule has 0 fully saturated rings. The Morgan fingerprint density at radius 1 is 0.929 bits per heavy atom. The van der Waals surface area contributed by atoms with Crippen LogP contribution in [0.5, 0.6) is 0 Å². The first-order valence-electron chi connectivity index (χ1n) is 9.07. The van der Waals surface area contributed by atoms with Gasteiger partial charge in [0.15, 0.2) is 0 Å². The van der Waals surface area contributed by atoms with Crippen molar-refractivity contribution in [2.75, 3.05) is 0 Å². The van der Waals surface area contributed by atoms with Crippen LogP contribution in [0.2, 0.25) is 0 Å². The molecule has 2 aromatic carbocycles. The normalized spacial score (nSPS) is 14.6. The fraction of sp³-hybridized carbons (Fsp3) is 0.300. The first-order chi connectivity index (χ1) is 13.2. The second-order valence-corrected chi connectivity index (χ2v) is 10.6. The van der Waals surface area contributed by atoms with Crippen LogP contribution in [0.1, 0.15) is 37.0 Å². The van der Waals surface area contributed by atoms with Gasteiger partial charge in [0.05, 0.1) is 9.80 Å². The highest BCUT2D eigenvalue weighted by atomic mass is 32.2. The molecule has 0 saturated heterocycles. The molecule has 2 N–H and O–H groups in total. The number of fused-ring (bicyclic) bond motifs is 1. The summed E-state index contributed by atoms with van der Waals surface area (Å²) in [6.45, 7) is 3.50. The fourth-order valence-electron chi connectivity index (χ4n) is 3.09. The van der Waals surface area contributed by atoms with E-state index >= 15 is 0 Å². The molecule has 0 bridgehead atoms. The lowest BCUT2D eigenvalue weighted by atomic mass is 9.98. The number of allylic oxidation sites excluding steroid dienone is 1. The van der Waals surface area contributed by atoms with E-state index in [1.165, 1.54) is 12.1 Å². The second-order valence-electron chi connectivity index (χ2n) is 7.06. The van der Waals surface area contributed by atoms with Crippen molar-refractivity contribution in [1.82, 2.24) is 9.44 Å². The Kier molecular flexibility index (Phi) is 6.04. The summed E-state index contributed by atoms with van der Waals surface area (Å²) in [6.07, 6.45) is 2.82. The van der Waals surface area contributed by atoms with Crippen LogP contribution in [0.3, 0.4) is 0 Å². The average molecular weight is 421 g/mol. The standard InChI is InChI=1S/C20H24N2O4S2/c1-15(2)22-28(25,26)19-9-5-6-16(12-19)14-21-27(23,24)20-11-10-17-7-3-4-8-18(17)13-20/h3-9,12-13,15,21-22H,10-11,14H2,1-2H3. The number of benzene rings is 2. The Morgan fingerprint density at radius 3 is 2.43 bits per heavy atom. The van der Waals surface area contributed by atoms with Crippen molar-refractivity contribution < 1.29 is 16.8 Å². The van der Waals surface area contributed by atoms with Gasteiger partial charge in [-0.25, -0.2) is 26.3 Å². The van der Waals surface area contributed by atoms with Crippen LogP contribution >= 0.6 is 0 Å². The highest BCUT2D eigenvalue weighted by Gasteiger charge is 2.22. The number of aryl methyl sites for hydroxylation is 1. The van der Waals surface area contributed by atoms with Gasteiger partial charge in [-0.15, -0.1) is 0 Å². The molecule has 6 nitrogen and oxygen atoms in total. The molecule has 0 unspecified atom stereocenters. The molecule has 0 saturated carbocycles. The van der Waals surface area contributed by atoms with Gasteiger partial charge in [0, 0.05) is 12.6 Å². The van der Waals surface area contributed by atoms with Gasteiger partial charge in [0.1, 0.15) is 0 Å². The molecule has 0 heterocycles. The zero-order valence-electron chi connectivity index (χ0n) is 15.8. The van der Waals surface area contributed by atoms with Gasteiger partial charge in [-0.3, -0.25) is 0 Å². The van der Waals surface area contributed by atoms with Gasteiger partial charge in [-0.2, -0.15) is 0 Å². The number of hydrogen-bond acceptors (Lipinski definition) is 4. The minimum absolute atomic E-state index is 0.0202. The van der Waals surface area contributed by atoms with Gasteiger partial charge in [-0.05, 0) is 61.6 Å². The van der Waals surface area contributed by atoms with Gasteiger partial charge in [0.2, 0.25) is 20.0 Å². The molecular weight excluding hydrogens is 396 g/mol. The average Bonchev–Trinajstić information content (AvgIpc) is 2.65. The smallest absolute Gasteiger partial charge is 0.209 e. The van der Waals surface area contributed by atoms with Crippen LogP contribution in [0, 0.1) is 0 Å². The molecule has 28 heavy (non-hydrogen) atoms. The lowest BCUT2D eigenvalue weighted by molar-refractivity contribution is 0.569. The lowest BCUT2D eigenvalue weighted by Crippen LogP contribution is -2.30. The third-order valence-corrected chi connectivity index (χ3v) is 7.62. The number of sulfonamides is 2. The SMILES string of the molecule is CC(C)NS(=O)(=O)c1cccc(CNS(=O)(=O)C2=Cc3ccccc3CC2)c1. The Balaban J connectivity index is 1.76. The molecule has 0 amide bonds. The first-order valence-corrected chi connectivity index (χ1v) is 12.0. The van der Waals surface area contributed by atoms with Crippen LogP contribution in [-0.2, 0) is 33.0 Å². The summed E-state index contributed by atoms with van der Waals surface area (Å²) in [5.41, 5.74) is 2.63. The summed E-state index contributed by atoms with van der Waals surface area (Å²) in [6, 6.07) is 13.8. The van der Waals surface area contributed by atoms with E-state index in [4.69, 9.17) is 0 Å². The largest absolute Gasteiger partial charge is 0.240 e. The minimum Gasteiger partial charge on any atom is -0.209 e. The highest BCUT2D eigenvalue weighted by molar-refractivity contribution is 7.93. The second kappa shape index (κ2) is 8.16. The molecule has 1 aliphatic carbocycles. The molecule has 3 rings (SSSR count). The molecule has 1 aliphatic rings. The van der Waals surface area contributed by atoms with E-state index in [2.05, 4.69) is 9.44 Å². The lowest BCUT2D eigenvalue weighted by Gasteiger charge is -2.17. The molecule has 0 atom stereocenters. The van der Waals surface area contributed by atoms with Crippen molar-refractivity contribution in [1.29, 1.82) is 0 Å². The number of nitrogens with one attached hydrogen (secondary N) is 2. The van der Waals surface area contributed by atoms with Gasteiger partial charge >= 0.3 is 0 Å². The third kappa shape index (κ3) is 4.88. The topological polar surface area (TPSA) is 92.3 Å². The van der Waals surface area contributed by atoms with Crippen molar-refractivity contribution in [2.45, 2.75) is 44.2 Å². The van der Waals surface area contributed by atoms with Crippen LogP contribution in [-0.4, -0.2) is 22.9 Å². The highest BCUT2D eigenvalue weighted by Crippen LogP contribution is 2.26. The Bertz CT molecular complexity index is 1100. The van der Waals surface area contributed by atoms with E-state index < -0.39 is 20.0 Å². The molecular formula is C20H24N2O4S2. The van der Waals surface area contributed by atoms with E-state index in [1.54, 1.807) is 32.1 Å². The first kappa shape index (κ1) is 20.7. The van der Waals surface area contributed by atoms with E-state index in [9.17, 15) is 16.8 Å². The van der Waals surface area contributed by atoms with Gasteiger partial charge in [0.25, 0.3) is 0 Å². The summed E-state index contributed by atoms with van der Waals surface area (Å²) < 4.78 is 55.1. The van der Waals surface area contributed by atoms with Crippen molar-refractivity contribution in [3.63, 3.8) is 0 Å². The predicted molar refractivity (Wildman–Crippen MR) is 110 cm³/mol. The molecule has 0 radical (unpaired) electrons. The minimum atomic E-state index is -3.65. The number of rotatable bonds is 7. The zero-order chi connectivity index (χ0) is 20.4. The molecule has 150 valence electrons. The van der Waals surface area contributed by atoms with Crippen molar-refractivity contribution in [3.8, 4) is 0 Å². The summed E-state index contributed by atoms with van der Waals surface area (Å²) in [5.74, 6) is 0. The van der Waals surface area contributed by atoms with Crippen LogP contribution < -0.4 is 9.44 Å². The van der Waals surface area contributed by atoms with Crippen molar-refractivity contribution in [3.05, 3.63) is 70.1 Å². The maximum Gasteiger partial charge on any atom is 0.240 e. The monoisotopic (exact) mass is 420 g/mol. The summed E-state index contributed by atoms with van der Waals surface area (Å²) in [7, 11) is -7.27. The molecule has 0 aromatic heterocycles. The number of hydrogen-bond donors (Lipinski definition) is 2. The Morgan fingerprint density at radius 2 is 1.68 bits per heavy atom. The Labute approximate surface area is 166 Å². The summed E-state index contributed by atoms with van der Waals surface area (Å²) in [4.78, 5) is 0.458. The third-order valence-electron chi connectivity index (χ3n) is 4.42. The van der Waals surface area contributed by atoms with E-state index in [0.29, 0.717) is 23.3 Å². The zero-order valence-corrected chi connectivity index (χ0v) is 17.5. The van der Waals surface area contributed by atoms with Gasteiger partial charge in [-0.1, -0.05) is 36.4 Å². The molecule has 0 spiro atoms. The summed E-state index contributed by atoms with van der Waals surface area (Å²) >= 11 is 0. The van der Waals surface area contributed by atoms with E-state index in [0.717, 1.165) is 11.1 Å². The van der Waals surface area contributed by atoms with Crippen LogP contribution in [0.15, 0.2) is 58.3 Å². The maximum absolute atomic E-state index is 12.7. The van der Waals surface area contributed by atoms with E-state index in [1.807, 2.05) is 24.3 Å². The maximum atomic E-state index is 12.7.